The Morgan fingerprint density at radius 1 is 1.17 bits per heavy atom. The molecule has 2 heterocycles. The Morgan fingerprint density at radius 3 is 2.48 bits per heavy atom. The lowest BCUT2D eigenvalue weighted by Crippen LogP contribution is -2.48. The number of halogens is 1. The number of thiazole rings is 1. The van der Waals surface area contributed by atoms with Crippen molar-refractivity contribution in [3.05, 3.63) is 40.4 Å². The molecule has 1 aromatic carbocycles. The number of sulfonamides is 1. The summed E-state index contributed by atoms with van der Waals surface area (Å²) in [6.07, 6.45) is 0.706. The molecule has 0 spiro atoms. The number of benzene rings is 1. The van der Waals surface area contributed by atoms with E-state index in [4.69, 9.17) is 11.6 Å². The van der Waals surface area contributed by atoms with Crippen molar-refractivity contribution in [1.82, 2.24) is 9.29 Å². The summed E-state index contributed by atoms with van der Waals surface area (Å²) in [5.41, 5.74) is 0.399. The third-order valence-corrected chi connectivity index (χ3v) is 6.91. The summed E-state index contributed by atoms with van der Waals surface area (Å²) in [7, 11) is -3.60. The van der Waals surface area contributed by atoms with Crippen LogP contribution < -0.4 is 4.90 Å². The van der Waals surface area contributed by atoms with Crippen LogP contribution in [0.15, 0.2) is 34.5 Å². The van der Waals surface area contributed by atoms with Gasteiger partial charge in [-0.1, -0.05) is 23.7 Å². The van der Waals surface area contributed by atoms with Crippen LogP contribution >= 0.6 is 22.9 Å². The predicted molar refractivity (Wildman–Crippen MR) is 89.9 cm³/mol. The average molecular weight is 372 g/mol. The van der Waals surface area contributed by atoms with Crippen LogP contribution in [0.25, 0.3) is 0 Å². The summed E-state index contributed by atoms with van der Waals surface area (Å²) in [5.74, 6) is 0. The molecule has 1 aliphatic rings. The van der Waals surface area contributed by atoms with Crippen molar-refractivity contribution >= 4 is 44.4 Å². The van der Waals surface area contributed by atoms with Crippen LogP contribution in [-0.2, 0) is 10.0 Å². The first-order valence-corrected chi connectivity index (χ1v) is 9.62. The fourth-order valence-electron chi connectivity index (χ4n) is 2.39. The lowest BCUT2D eigenvalue weighted by Gasteiger charge is -2.33. The van der Waals surface area contributed by atoms with E-state index in [9.17, 15) is 13.2 Å². The zero-order chi connectivity index (χ0) is 16.4. The normalized spacial score (nSPS) is 16.5. The molecule has 1 aromatic heterocycles. The van der Waals surface area contributed by atoms with Crippen molar-refractivity contribution in [2.24, 2.45) is 0 Å². The Bertz CT molecular complexity index is 814. The molecular weight excluding hydrogens is 358 g/mol. The van der Waals surface area contributed by atoms with Gasteiger partial charge < -0.3 is 4.90 Å². The van der Waals surface area contributed by atoms with Crippen LogP contribution in [0.1, 0.15) is 10.5 Å². The molecule has 0 unspecified atom stereocenters. The number of anilines is 1. The van der Waals surface area contributed by atoms with Crippen molar-refractivity contribution in [1.29, 1.82) is 0 Å². The zero-order valence-corrected chi connectivity index (χ0v) is 14.4. The Hall–Kier alpha value is -1.48. The molecule has 1 saturated heterocycles. The highest BCUT2D eigenvalue weighted by molar-refractivity contribution is 7.89. The van der Waals surface area contributed by atoms with E-state index in [-0.39, 0.29) is 9.92 Å². The van der Waals surface area contributed by atoms with Gasteiger partial charge in [0, 0.05) is 31.6 Å². The van der Waals surface area contributed by atoms with Gasteiger partial charge in [-0.05, 0) is 12.1 Å². The smallest absolute Gasteiger partial charge is 0.244 e. The molecule has 23 heavy (non-hydrogen) atoms. The number of piperazine rings is 1. The second-order valence-corrected chi connectivity index (χ2v) is 8.14. The molecule has 0 saturated carbocycles. The van der Waals surface area contributed by atoms with Gasteiger partial charge in [0.25, 0.3) is 0 Å². The molecule has 2 aromatic rings. The largest absolute Gasteiger partial charge is 0.345 e. The molecule has 122 valence electrons. The minimum absolute atomic E-state index is 0.132. The predicted octanol–water partition coefficient (Wildman–Crippen LogP) is 2.12. The maximum absolute atomic E-state index is 12.7. The van der Waals surface area contributed by atoms with Gasteiger partial charge in [-0.3, -0.25) is 4.79 Å². The van der Waals surface area contributed by atoms with Crippen molar-refractivity contribution in [2.75, 3.05) is 31.1 Å². The molecule has 0 N–H and O–H groups in total. The van der Waals surface area contributed by atoms with E-state index in [1.54, 1.807) is 23.6 Å². The highest BCUT2D eigenvalue weighted by Crippen LogP contribution is 2.27. The number of carbonyl (C=O) groups is 1. The first-order chi connectivity index (χ1) is 11.0. The first kappa shape index (κ1) is 16.4. The molecule has 0 amide bonds. The number of aromatic nitrogens is 1. The van der Waals surface area contributed by atoms with Gasteiger partial charge in [0.1, 0.15) is 10.6 Å². The van der Waals surface area contributed by atoms with Crippen LogP contribution in [-0.4, -0.2) is 50.2 Å². The third kappa shape index (κ3) is 3.25. The highest BCUT2D eigenvalue weighted by atomic mass is 35.5. The summed E-state index contributed by atoms with van der Waals surface area (Å²) in [6.45, 7) is 1.75. The van der Waals surface area contributed by atoms with Gasteiger partial charge in [0.2, 0.25) is 10.0 Å². The molecule has 1 fully saturated rings. The number of rotatable bonds is 4. The Morgan fingerprint density at radius 2 is 1.87 bits per heavy atom. The SMILES string of the molecule is O=Cc1csc(N2CCN(S(=O)(=O)c3ccccc3Cl)CC2)n1. The van der Waals surface area contributed by atoms with Crippen molar-refractivity contribution < 1.29 is 13.2 Å². The molecule has 9 heteroatoms. The third-order valence-electron chi connectivity index (χ3n) is 3.59. The fourth-order valence-corrected chi connectivity index (χ4v) is 5.13. The molecule has 0 radical (unpaired) electrons. The van der Waals surface area contributed by atoms with E-state index < -0.39 is 10.0 Å². The monoisotopic (exact) mass is 371 g/mol. The van der Waals surface area contributed by atoms with E-state index >= 15 is 0 Å². The molecule has 0 aliphatic carbocycles. The number of carbonyl (C=O) groups excluding carboxylic acids is 1. The van der Waals surface area contributed by atoms with Gasteiger partial charge in [0.15, 0.2) is 11.4 Å². The van der Waals surface area contributed by atoms with E-state index in [1.165, 1.54) is 21.7 Å². The van der Waals surface area contributed by atoms with Crippen LogP contribution in [0.4, 0.5) is 5.13 Å². The zero-order valence-electron chi connectivity index (χ0n) is 12.1. The summed E-state index contributed by atoms with van der Waals surface area (Å²) < 4.78 is 26.8. The molecule has 0 atom stereocenters. The maximum atomic E-state index is 12.7. The van der Waals surface area contributed by atoms with Gasteiger partial charge in [-0.25, -0.2) is 13.4 Å². The summed E-state index contributed by atoms with van der Waals surface area (Å²) in [5, 5.41) is 2.65. The van der Waals surface area contributed by atoms with Crippen molar-refractivity contribution in [2.45, 2.75) is 4.90 Å². The Balaban J connectivity index is 1.73. The Labute approximate surface area is 143 Å². The van der Waals surface area contributed by atoms with E-state index in [0.29, 0.717) is 38.2 Å². The van der Waals surface area contributed by atoms with Crippen molar-refractivity contribution in [3.8, 4) is 0 Å². The number of hydrogen-bond donors (Lipinski definition) is 0. The maximum Gasteiger partial charge on any atom is 0.244 e. The van der Waals surface area contributed by atoms with Gasteiger partial charge in [-0.2, -0.15) is 4.31 Å². The van der Waals surface area contributed by atoms with Crippen LogP contribution in [0, 0.1) is 0 Å². The minimum atomic E-state index is -3.60. The van der Waals surface area contributed by atoms with Crippen LogP contribution in [0.3, 0.4) is 0 Å². The summed E-state index contributed by atoms with van der Waals surface area (Å²) in [4.78, 5) is 17.0. The molecule has 3 rings (SSSR count). The standard InChI is InChI=1S/C14H14ClN3O3S2/c15-12-3-1-2-4-13(12)23(20,21)18-7-5-17(6-8-18)14-16-11(9-19)10-22-14/h1-4,9-10H,5-8H2. The van der Waals surface area contributed by atoms with Crippen LogP contribution in [0.5, 0.6) is 0 Å². The number of nitrogens with zero attached hydrogens (tertiary/aromatic N) is 3. The van der Waals surface area contributed by atoms with E-state index in [0.717, 1.165) is 5.13 Å². The van der Waals surface area contributed by atoms with E-state index in [1.807, 2.05) is 4.90 Å². The summed E-state index contributed by atoms with van der Waals surface area (Å²) >= 11 is 7.40. The lowest BCUT2D eigenvalue weighted by molar-refractivity contribution is 0.111. The topological polar surface area (TPSA) is 70.6 Å². The second kappa shape index (κ2) is 6.56. The lowest BCUT2D eigenvalue weighted by atomic mass is 10.4. The fraction of sp³-hybridized carbons (Fsp3) is 0.286. The second-order valence-electron chi connectivity index (χ2n) is 4.99. The molecule has 6 nitrogen and oxygen atoms in total. The Kier molecular flexibility index (Phi) is 4.67. The quantitative estimate of drug-likeness (QED) is 0.770. The number of aldehydes is 1. The highest BCUT2D eigenvalue weighted by Gasteiger charge is 2.30. The van der Waals surface area contributed by atoms with Crippen LogP contribution in [0.2, 0.25) is 5.02 Å². The number of hydrogen-bond acceptors (Lipinski definition) is 6. The summed E-state index contributed by atoms with van der Waals surface area (Å²) in [6, 6.07) is 6.44. The van der Waals surface area contributed by atoms with Gasteiger partial charge in [-0.15, -0.1) is 11.3 Å². The molecule has 0 bridgehead atoms. The average Bonchev–Trinajstić information content (AvgIpc) is 3.04. The first-order valence-electron chi connectivity index (χ1n) is 6.92. The van der Waals surface area contributed by atoms with Gasteiger partial charge in [0.05, 0.1) is 5.02 Å². The molecule has 1 aliphatic heterocycles. The van der Waals surface area contributed by atoms with Crippen molar-refractivity contribution in [3.63, 3.8) is 0 Å². The van der Waals surface area contributed by atoms with Gasteiger partial charge >= 0.3 is 0 Å². The van der Waals surface area contributed by atoms with E-state index in [2.05, 4.69) is 4.98 Å². The minimum Gasteiger partial charge on any atom is -0.345 e. The molecular formula is C14H14ClN3O3S2.